The first kappa shape index (κ1) is 13.4. The highest BCUT2D eigenvalue weighted by molar-refractivity contribution is 5.57. The van der Waals surface area contributed by atoms with Crippen molar-refractivity contribution in [1.29, 1.82) is 0 Å². The van der Waals surface area contributed by atoms with E-state index < -0.39 is 0 Å². The van der Waals surface area contributed by atoms with Crippen LogP contribution < -0.4 is 10.2 Å². The number of likely N-dealkylation sites (N-methyl/N-ethyl adjacent to an activating group) is 1. The van der Waals surface area contributed by atoms with Crippen molar-refractivity contribution in [2.45, 2.75) is 40.2 Å². The molecule has 0 radical (unpaired) electrons. The average molecular weight is 246 g/mol. The quantitative estimate of drug-likeness (QED) is 0.878. The third kappa shape index (κ3) is 2.86. The number of rotatable bonds is 4. The van der Waals surface area contributed by atoms with E-state index in [9.17, 15) is 0 Å². The molecule has 0 saturated carbocycles. The molecule has 2 heteroatoms. The van der Waals surface area contributed by atoms with Crippen LogP contribution in [0.15, 0.2) is 24.3 Å². The van der Waals surface area contributed by atoms with Gasteiger partial charge in [0.15, 0.2) is 0 Å². The van der Waals surface area contributed by atoms with Gasteiger partial charge in [-0.2, -0.15) is 0 Å². The highest BCUT2D eigenvalue weighted by Gasteiger charge is 2.28. The lowest BCUT2D eigenvalue weighted by molar-refractivity contribution is 0.274. The van der Waals surface area contributed by atoms with Crippen LogP contribution in [0.4, 0.5) is 5.69 Å². The molecular weight excluding hydrogens is 220 g/mol. The number of hydrogen-bond donors (Lipinski definition) is 1. The van der Waals surface area contributed by atoms with Gasteiger partial charge in [-0.25, -0.2) is 0 Å². The number of nitrogens with zero attached hydrogens (tertiary/aromatic N) is 1. The van der Waals surface area contributed by atoms with Gasteiger partial charge in [0.1, 0.15) is 0 Å². The molecule has 1 atom stereocenters. The molecule has 0 spiro atoms. The molecule has 18 heavy (non-hydrogen) atoms. The third-order valence-corrected chi connectivity index (χ3v) is 3.88. The van der Waals surface area contributed by atoms with E-state index in [0.29, 0.717) is 11.5 Å². The molecule has 0 aromatic heterocycles. The topological polar surface area (TPSA) is 15.3 Å². The minimum absolute atomic E-state index is 0.299. The first-order chi connectivity index (χ1) is 8.52. The number of fused-ring (bicyclic) bond motifs is 1. The molecule has 0 aliphatic carbocycles. The van der Waals surface area contributed by atoms with Gasteiger partial charge >= 0.3 is 0 Å². The van der Waals surface area contributed by atoms with Gasteiger partial charge < -0.3 is 10.2 Å². The lowest BCUT2D eigenvalue weighted by atomic mass is 9.86. The Labute approximate surface area is 111 Å². The summed E-state index contributed by atoms with van der Waals surface area (Å²) in [7, 11) is 0. The number of benzene rings is 1. The summed E-state index contributed by atoms with van der Waals surface area (Å²) in [6.07, 6.45) is 1.19. The molecule has 1 N–H and O–H groups in total. The summed E-state index contributed by atoms with van der Waals surface area (Å²) in [6.45, 7) is 12.5. The maximum atomic E-state index is 3.64. The van der Waals surface area contributed by atoms with E-state index in [1.807, 2.05) is 0 Å². The van der Waals surface area contributed by atoms with E-state index in [2.05, 4.69) is 62.2 Å². The zero-order valence-corrected chi connectivity index (χ0v) is 12.2. The zero-order chi connectivity index (χ0) is 13.2. The Bertz CT molecular complexity index is 392. The van der Waals surface area contributed by atoms with Crippen LogP contribution in [-0.2, 0) is 6.42 Å². The number of anilines is 1. The molecule has 0 bridgehead atoms. The predicted molar refractivity (Wildman–Crippen MR) is 79.3 cm³/mol. The highest BCUT2D eigenvalue weighted by Crippen LogP contribution is 2.29. The van der Waals surface area contributed by atoms with Crippen LogP contribution in [0.3, 0.4) is 0 Å². The predicted octanol–water partition coefficient (Wildman–Crippen LogP) is 3.07. The lowest BCUT2D eigenvalue weighted by Crippen LogP contribution is -2.48. The standard InChI is InChI=1S/C16H26N2/c1-5-17-15(16(2,3)4)12-18-11-10-13-8-6-7-9-14(13)18/h6-9,15,17H,5,10-12H2,1-4H3. The van der Waals surface area contributed by atoms with Gasteiger partial charge in [-0.05, 0) is 30.0 Å². The van der Waals surface area contributed by atoms with E-state index in [0.717, 1.165) is 19.6 Å². The van der Waals surface area contributed by atoms with Crippen LogP contribution in [0.5, 0.6) is 0 Å². The summed E-state index contributed by atoms with van der Waals surface area (Å²) in [5, 5.41) is 3.64. The van der Waals surface area contributed by atoms with Crippen LogP contribution in [0.1, 0.15) is 33.3 Å². The van der Waals surface area contributed by atoms with E-state index in [4.69, 9.17) is 0 Å². The summed E-state index contributed by atoms with van der Waals surface area (Å²) in [6, 6.07) is 9.35. The molecule has 1 aromatic carbocycles. The van der Waals surface area contributed by atoms with Crippen LogP contribution in [0.25, 0.3) is 0 Å². The molecule has 2 rings (SSSR count). The van der Waals surface area contributed by atoms with E-state index in [1.165, 1.54) is 17.7 Å². The summed E-state index contributed by atoms with van der Waals surface area (Å²) in [4.78, 5) is 2.54. The van der Waals surface area contributed by atoms with Crippen molar-refractivity contribution >= 4 is 5.69 Å². The van der Waals surface area contributed by atoms with Gasteiger partial charge in [0.2, 0.25) is 0 Å². The Hall–Kier alpha value is -1.02. The van der Waals surface area contributed by atoms with Crippen molar-refractivity contribution in [3.63, 3.8) is 0 Å². The third-order valence-electron chi connectivity index (χ3n) is 3.88. The van der Waals surface area contributed by atoms with Gasteiger partial charge in [0.05, 0.1) is 0 Å². The fraction of sp³-hybridized carbons (Fsp3) is 0.625. The average Bonchev–Trinajstić information content (AvgIpc) is 2.71. The zero-order valence-electron chi connectivity index (χ0n) is 12.2. The van der Waals surface area contributed by atoms with E-state index in [1.54, 1.807) is 0 Å². The van der Waals surface area contributed by atoms with Gasteiger partial charge in [-0.15, -0.1) is 0 Å². The van der Waals surface area contributed by atoms with Crippen LogP contribution in [0.2, 0.25) is 0 Å². The minimum Gasteiger partial charge on any atom is -0.369 e. The summed E-state index contributed by atoms with van der Waals surface area (Å²) >= 11 is 0. The molecular formula is C16H26N2. The maximum Gasteiger partial charge on any atom is 0.0400 e. The molecule has 2 nitrogen and oxygen atoms in total. The molecule has 1 unspecified atom stereocenters. The van der Waals surface area contributed by atoms with E-state index >= 15 is 0 Å². The summed E-state index contributed by atoms with van der Waals surface area (Å²) in [5.41, 5.74) is 3.24. The SMILES string of the molecule is CCNC(CN1CCc2ccccc21)C(C)(C)C. The fourth-order valence-electron chi connectivity index (χ4n) is 2.71. The summed E-state index contributed by atoms with van der Waals surface area (Å²) in [5.74, 6) is 0. The van der Waals surface area contributed by atoms with Gasteiger partial charge in [0, 0.05) is 24.8 Å². The van der Waals surface area contributed by atoms with Crippen molar-refractivity contribution in [1.82, 2.24) is 5.32 Å². The molecule has 1 aliphatic rings. The second-order valence-electron chi connectivity index (χ2n) is 6.30. The first-order valence-corrected chi connectivity index (χ1v) is 7.08. The number of hydrogen-bond acceptors (Lipinski definition) is 2. The van der Waals surface area contributed by atoms with Crippen LogP contribution >= 0.6 is 0 Å². The van der Waals surface area contributed by atoms with E-state index in [-0.39, 0.29) is 0 Å². The Balaban J connectivity index is 2.10. The van der Waals surface area contributed by atoms with Crippen molar-refractivity contribution in [2.24, 2.45) is 5.41 Å². The molecule has 0 fully saturated rings. The fourth-order valence-corrected chi connectivity index (χ4v) is 2.71. The van der Waals surface area contributed by atoms with Crippen molar-refractivity contribution in [3.8, 4) is 0 Å². The number of para-hydroxylation sites is 1. The van der Waals surface area contributed by atoms with Crippen LogP contribution in [0, 0.1) is 5.41 Å². The van der Waals surface area contributed by atoms with Crippen molar-refractivity contribution in [3.05, 3.63) is 29.8 Å². The minimum atomic E-state index is 0.299. The van der Waals surface area contributed by atoms with Crippen molar-refractivity contribution < 1.29 is 0 Å². The molecule has 0 saturated heterocycles. The molecule has 100 valence electrons. The normalized spacial score (nSPS) is 16.8. The maximum absolute atomic E-state index is 3.64. The molecule has 1 heterocycles. The Morgan fingerprint density at radius 3 is 2.67 bits per heavy atom. The largest absolute Gasteiger partial charge is 0.369 e. The van der Waals surface area contributed by atoms with Gasteiger partial charge in [0.25, 0.3) is 0 Å². The van der Waals surface area contributed by atoms with Crippen molar-refractivity contribution in [2.75, 3.05) is 24.5 Å². The molecule has 0 amide bonds. The Morgan fingerprint density at radius 1 is 1.28 bits per heavy atom. The first-order valence-electron chi connectivity index (χ1n) is 7.08. The highest BCUT2D eigenvalue weighted by atomic mass is 15.2. The molecule has 1 aliphatic heterocycles. The smallest absolute Gasteiger partial charge is 0.0400 e. The van der Waals surface area contributed by atoms with Crippen LogP contribution in [-0.4, -0.2) is 25.7 Å². The molecule has 1 aromatic rings. The Kier molecular flexibility index (Phi) is 3.96. The Morgan fingerprint density at radius 2 is 2.00 bits per heavy atom. The van der Waals surface area contributed by atoms with Gasteiger partial charge in [-0.3, -0.25) is 0 Å². The lowest BCUT2D eigenvalue weighted by Gasteiger charge is -2.35. The second-order valence-corrected chi connectivity index (χ2v) is 6.30. The number of nitrogens with one attached hydrogen (secondary N) is 1. The second kappa shape index (κ2) is 5.31. The summed E-state index contributed by atoms with van der Waals surface area (Å²) < 4.78 is 0. The van der Waals surface area contributed by atoms with Gasteiger partial charge in [-0.1, -0.05) is 45.9 Å². The monoisotopic (exact) mass is 246 g/mol.